The standard InChI is InChI=1S/C20H24F3N3O2.HI/c1-3-24-20(25-11-10-15-6-4-5-7-16(15)21)26-13-14-8-9-17(27-2)18(12-14)28-19(22)23;/h4-9,12,19H,3,10-11,13H2,1-2H3,(H2,24,25,26);1H. The number of aliphatic imine (C=N–C) groups is 1. The van der Waals surface area contributed by atoms with Gasteiger partial charge in [-0.2, -0.15) is 8.78 Å². The van der Waals surface area contributed by atoms with Crippen LogP contribution in [0.15, 0.2) is 47.5 Å². The second-order valence-electron chi connectivity index (χ2n) is 5.83. The number of alkyl halides is 2. The largest absolute Gasteiger partial charge is 0.493 e. The summed E-state index contributed by atoms with van der Waals surface area (Å²) in [6.45, 7) is 0.377. The van der Waals surface area contributed by atoms with Crippen molar-refractivity contribution in [2.75, 3.05) is 20.2 Å². The first-order valence-corrected chi connectivity index (χ1v) is 8.90. The van der Waals surface area contributed by atoms with E-state index in [1.807, 2.05) is 6.92 Å². The van der Waals surface area contributed by atoms with Gasteiger partial charge in [-0.05, 0) is 42.7 Å². The van der Waals surface area contributed by atoms with E-state index in [9.17, 15) is 13.2 Å². The highest BCUT2D eigenvalue weighted by atomic mass is 127. The van der Waals surface area contributed by atoms with Crippen LogP contribution in [0.1, 0.15) is 18.1 Å². The number of nitrogens with zero attached hydrogens (tertiary/aromatic N) is 1. The summed E-state index contributed by atoms with van der Waals surface area (Å²) in [4.78, 5) is 4.43. The zero-order chi connectivity index (χ0) is 20.4. The monoisotopic (exact) mass is 523 g/mol. The molecular formula is C20H25F3IN3O2. The first kappa shape index (κ1) is 24.9. The lowest BCUT2D eigenvalue weighted by Gasteiger charge is -2.13. The lowest BCUT2D eigenvalue weighted by molar-refractivity contribution is -0.0512. The fraction of sp³-hybridized carbons (Fsp3) is 0.350. The van der Waals surface area contributed by atoms with Gasteiger partial charge in [0, 0.05) is 13.1 Å². The summed E-state index contributed by atoms with van der Waals surface area (Å²) in [5.74, 6) is 0.493. The fourth-order valence-corrected chi connectivity index (χ4v) is 2.54. The van der Waals surface area contributed by atoms with Gasteiger partial charge in [0.25, 0.3) is 0 Å². The molecule has 2 rings (SSSR count). The predicted molar refractivity (Wildman–Crippen MR) is 118 cm³/mol. The summed E-state index contributed by atoms with van der Waals surface area (Å²) in [7, 11) is 1.38. The van der Waals surface area contributed by atoms with Crippen LogP contribution in [0.2, 0.25) is 0 Å². The molecule has 0 unspecified atom stereocenters. The average molecular weight is 523 g/mol. The van der Waals surface area contributed by atoms with E-state index < -0.39 is 6.61 Å². The van der Waals surface area contributed by atoms with E-state index in [2.05, 4.69) is 20.4 Å². The van der Waals surface area contributed by atoms with E-state index in [4.69, 9.17) is 4.74 Å². The third kappa shape index (κ3) is 8.38. The molecule has 0 saturated carbocycles. The quantitative estimate of drug-likeness (QED) is 0.292. The van der Waals surface area contributed by atoms with E-state index in [0.717, 1.165) is 0 Å². The fourth-order valence-electron chi connectivity index (χ4n) is 2.54. The molecule has 0 aliphatic carbocycles. The highest BCUT2D eigenvalue weighted by Crippen LogP contribution is 2.29. The Kier molecular flexibility index (Phi) is 11.3. The van der Waals surface area contributed by atoms with Gasteiger partial charge in [0.2, 0.25) is 0 Å². The Morgan fingerprint density at radius 2 is 1.86 bits per heavy atom. The van der Waals surface area contributed by atoms with Gasteiger partial charge in [-0.3, -0.25) is 0 Å². The molecule has 0 spiro atoms. The van der Waals surface area contributed by atoms with Gasteiger partial charge in [-0.1, -0.05) is 24.3 Å². The lowest BCUT2D eigenvalue weighted by atomic mass is 10.1. The van der Waals surface area contributed by atoms with Gasteiger partial charge < -0.3 is 20.1 Å². The van der Waals surface area contributed by atoms with Crippen molar-refractivity contribution in [3.05, 3.63) is 59.4 Å². The minimum Gasteiger partial charge on any atom is -0.493 e. The van der Waals surface area contributed by atoms with Crippen LogP contribution < -0.4 is 20.1 Å². The van der Waals surface area contributed by atoms with E-state index in [1.54, 1.807) is 30.3 Å². The van der Waals surface area contributed by atoms with Crippen molar-refractivity contribution in [1.82, 2.24) is 10.6 Å². The number of halogens is 4. The number of rotatable bonds is 9. The molecule has 0 atom stereocenters. The summed E-state index contributed by atoms with van der Waals surface area (Å²) in [6, 6.07) is 11.4. The summed E-state index contributed by atoms with van der Waals surface area (Å²) in [5, 5.41) is 6.22. The van der Waals surface area contributed by atoms with Crippen molar-refractivity contribution >= 4 is 29.9 Å². The van der Waals surface area contributed by atoms with E-state index in [0.29, 0.717) is 36.6 Å². The molecular weight excluding hydrogens is 498 g/mol. The number of hydrogen-bond donors (Lipinski definition) is 2. The van der Waals surface area contributed by atoms with E-state index in [-0.39, 0.29) is 47.8 Å². The Balaban J connectivity index is 0.00000420. The molecule has 0 aromatic heterocycles. The Hall–Kier alpha value is -2.17. The maximum atomic E-state index is 13.7. The Morgan fingerprint density at radius 1 is 1.10 bits per heavy atom. The summed E-state index contributed by atoms with van der Waals surface area (Å²) in [6.07, 6.45) is 0.506. The van der Waals surface area contributed by atoms with Crippen molar-refractivity contribution < 1.29 is 22.6 Å². The van der Waals surface area contributed by atoms with Crippen molar-refractivity contribution in [2.45, 2.75) is 26.5 Å². The molecule has 0 amide bonds. The van der Waals surface area contributed by atoms with Crippen molar-refractivity contribution in [3.63, 3.8) is 0 Å². The molecule has 0 bridgehead atoms. The van der Waals surface area contributed by atoms with Crippen molar-refractivity contribution in [3.8, 4) is 11.5 Å². The second kappa shape index (κ2) is 13.1. The molecule has 5 nitrogen and oxygen atoms in total. The molecule has 2 N–H and O–H groups in total. The Bertz CT molecular complexity index is 791. The molecule has 0 saturated heterocycles. The lowest BCUT2D eigenvalue weighted by Crippen LogP contribution is -2.38. The summed E-state index contributed by atoms with van der Waals surface area (Å²) < 4.78 is 48.3. The molecule has 2 aromatic rings. The molecule has 9 heteroatoms. The highest BCUT2D eigenvalue weighted by Gasteiger charge is 2.11. The number of guanidine groups is 1. The minimum absolute atomic E-state index is 0. The van der Waals surface area contributed by atoms with Crippen molar-refractivity contribution in [1.29, 1.82) is 0 Å². The normalized spacial score (nSPS) is 11.0. The molecule has 0 radical (unpaired) electrons. The summed E-state index contributed by atoms with van der Waals surface area (Å²) >= 11 is 0. The SMILES string of the molecule is CCNC(=NCc1ccc(OC)c(OC(F)F)c1)NCCc1ccccc1F.I. The molecule has 0 aliphatic heterocycles. The second-order valence-corrected chi connectivity index (χ2v) is 5.83. The Labute approximate surface area is 185 Å². The molecule has 160 valence electrons. The van der Waals surface area contributed by atoms with Gasteiger partial charge in [0.05, 0.1) is 13.7 Å². The first-order chi connectivity index (χ1) is 13.5. The van der Waals surface area contributed by atoms with Crippen molar-refractivity contribution in [2.24, 2.45) is 4.99 Å². The third-order valence-corrected chi connectivity index (χ3v) is 3.85. The molecule has 0 heterocycles. The van der Waals surface area contributed by atoms with Crippen LogP contribution in [0, 0.1) is 5.82 Å². The molecule has 0 aliphatic rings. The minimum atomic E-state index is -2.94. The molecule has 29 heavy (non-hydrogen) atoms. The topological polar surface area (TPSA) is 54.9 Å². The first-order valence-electron chi connectivity index (χ1n) is 8.90. The third-order valence-electron chi connectivity index (χ3n) is 3.85. The smallest absolute Gasteiger partial charge is 0.387 e. The predicted octanol–water partition coefficient (Wildman–Crippen LogP) is 4.35. The Morgan fingerprint density at radius 3 is 2.52 bits per heavy atom. The van der Waals surface area contributed by atoms with Gasteiger partial charge >= 0.3 is 6.61 Å². The van der Waals surface area contributed by atoms with E-state index in [1.165, 1.54) is 19.2 Å². The maximum Gasteiger partial charge on any atom is 0.387 e. The van der Waals surface area contributed by atoms with Crippen LogP contribution in [-0.4, -0.2) is 32.8 Å². The number of hydrogen-bond acceptors (Lipinski definition) is 3. The average Bonchev–Trinajstić information content (AvgIpc) is 2.67. The van der Waals surface area contributed by atoms with E-state index >= 15 is 0 Å². The molecule has 2 aromatic carbocycles. The van der Waals surface area contributed by atoms with Gasteiger partial charge in [0.15, 0.2) is 17.5 Å². The number of methoxy groups -OCH3 is 1. The number of nitrogens with one attached hydrogen (secondary N) is 2. The van der Waals surface area contributed by atoms with Crippen LogP contribution in [0.3, 0.4) is 0 Å². The van der Waals surface area contributed by atoms with Crippen LogP contribution in [0.25, 0.3) is 0 Å². The van der Waals surface area contributed by atoms with Gasteiger partial charge in [-0.25, -0.2) is 9.38 Å². The summed E-state index contributed by atoms with van der Waals surface area (Å²) in [5.41, 5.74) is 1.30. The van der Waals surface area contributed by atoms with Gasteiger partial charge in [-0.15, -0.1) is 24.0 Å². The van der Waals surface area contributed by atoms with Crippen LogP contribution in [0.5, 0.6) is 11.5 Å². The van der Waals surface area contributed by atoms with Crippen LogP contribution >= 0.6 is 24.0 Å². The number of benzene rings is 2. The zero-order valence-electron chi connectivity index (χ0n) is 16.3. The number of ether oxygens (including phenoxy) is 2. The van der Waals surface area contributed by atoms with Gasteiger partial charge in [0.1, 0.15) is 5.82 Å². The van der Waals surface area contributed by atoms with Crippen LogP contribution in [0.4, 0.5) is 13.2 Å². The molecule has 0 fully saturated rings. The maximum absolute atomic E-state index is 13.7. The highest BCUT2D eigenvalue weighted by molar-refractivity contribution is 14.0. The zero-order valence-corrected chi connectivity index (χ0v) is 18.6. The van der Waals surface area contributed by atoms with Crippen LogP contribution in [-0.2, 0) is 13.0 Å².